The fraction of sp³-hybridized carbons (Fsp3) is 0.556. The molecule has 0 spiro atoms. The van der Waals surface area contributed by atoms with Crippen LogP contribution in [0.1, 0.15) is 31.9 Å². The minimum absolute atomic E-state index is 0. The molecule has 2 aromatic rings. The first-order chi connectivity index (χ1) is 16.4. The zero-order valence-electron chi connectivity index (χ0n) is 21.5. The molecule has 0 radical (unpaired) electrons. The van der Waals surface area contributed by atoms with E-state index in [1.807, 2.05) is 18.2 Å². The highest BCUT2D eigenvalue weighted by atomic mass is 35.5. The Hall–Kier alpha value is -1.74. The van der Waals surface area contributed by atoms with Crippen molar-refractivity contribution in [1.82, 2.24) is 9.80 Å². The molecule has 2 aromatic carbocycles. The van der Waals surface area contributed by atoms with Gasteiger partial charge < -0.3 is 24.1 Å². The molecule has 9 heteroatoms. The standard InChI is InChI=1S/C27H38N2O5.2ClH/c1-27(2,3)22-5-7-24(8-6-22)32-15-14-31-19-23(30)18-29-12-10-28(11-13-29)17-21-4-9-25-26(16-21)34-20-33-25;;/h4-9,16,23,30H,10-15,17-20H2,1-3H3;2*1H. The Kier molecular flexibility index (Phi) is 12.1. The first kappa shape index (κ1) is 30.5. The van der Waals surface area contributed by atoms with Crippen molar-refractivity contribution in [3.05, 3.63) is 53.6 Å². The van der Waals surface area contributed by atoms with Crippen molar-refractivity contribution in [2.24, 2.45) is 0 Å². The molecule has 2 aliphatic rings. The van der Waals surface area contributed by atoms with Crippen LogP contribution in [0.15, 0.2) is 42.5 Å². The first-order valence-electron chi connectivity index (χ1n) is 12.2. The summed E-state index contributed by atoms with van der Waals surface area (Å²) in [7, 11) is 0. The second-order valence-corrected chi connectivity index (χ2v) is 10.1. The van der Waals surface area contributed by atoms with E-state index in [2.05, 4.69) is 54.8 Å². The lowest BCUT2D eigenvalue weighted by Gasteiger charge is -2.35. The maximum absolute atomic E-state index is 10.4. The quantitative estimate of drug-likeness (QED) is 0.453. The number of ether oxygens (including phenoxy) is 4. The Morgan fingerprint density at radius 3 is 2.25 bits per heavy atom. The average molecular weight is 544 g/mol. The lowest BCUT2D eigenvalue weighted by molar-refractivity contribution is -0.000440. The van der Waals surface area contributed by atoms with Crippen LogP contribution < -0.4 is 14.2 Å². The molecule has 1 N–H and O–H groups in total. The zero-order chi connectivity index (χ0) is 24.0. The van der Waals surface area contributed by atoms with Gasteiger partial charge in [-0.15, -0.1) is 24.8 Å². The Morgan fingerprint density at radius 1 is 0.889 bits per heavy atom. The lowest BCUT2D eigenvalue weighted by atomic mass is 9.87. The van der Waals surface area contributed by atoms with Gasteiger partial charge in [-0.3, -0.25) is 9.80 Å². The third-order valence-corrected chi connectivity index (χ3v) is 6.30. The molecule has 2 aliphatic heterocycles. The van der Waals surface area contributed by atoms with Gasteiger partial charge in [0, 0.05) is 39.3 Å². The maximum atomic E-state index is 10.4. The molecule has 1 fully saturated rings. The topological polar surface area (TPSA) is 63.6 Å². The molecule has 1 atom stereocenters. The molecule has 0 aliphatic carbocycles. The number of hydrogen-bond acceptors (Lipinski definition) is 7. The lowest BCUT2D eigenvalue weighted by Crippen LogP contribution is -2.48. The van der Waals surface area contributed by atoms with Crippen LogP contribution in [0, 0.1) is 0 Å². The number of nitrogens with zero attached hydrogens (tertiary/aromatic N) is 2. The molecule has 1 unspecified atom stereocenters. The number of halogens is 2. The highest BCUT2D eigenvalue weighted by Crippen LogP contribution is 2.32. The van der Waals surface area contributed by atoms with Crippen LogP contribution in [-0.4, -0.2) is 80.3 Å². The maximum Gasteiger partial charge on any atom is 0.231 e. The zero-order valence-corrected chi connectivity index (χ0v) is 23.1. The van der Waals surface area contributed by atoms with Gasteiger partial charge in [-0.2, -0.15) is 0 Å². The SMILES string of the molecule is CC(C)(C)c1ccc(OCCOCC(O)CN2CCN(Cc3ccc4c(c3)OCO4)CC2)cc1.Cl.Cl. The number of piperazine rings is 1. The van der Waals surface area contributed by atoms with Crippen molar-refractivity contribution < 1.29 is 24.1 Å². The van der Waals surface area contributed by atoms with E-state index in [-0.39, 0.29) is 30.2 Å². The summed E-state index contributed by atoms with van der Waals surface area (Å²) in [6.07, 6.45) is -0.494. The number of rotatable bonds is 10. The Morgan fingerprint density at radius 2 is 1.56 bits per heavy atom. The van der Waals surface area contributed by atoms with Crippen LogP contribution >= 0.6 is 24.8 Å². The second kappa shape index (κ2) is 14.3. The van der Waals surface area contributed by atoms with Crippen LogP contribution in [0.5, 0.6) is 17.2 Å². The number of hydrogen-bond donors (Lipinski definition) is 1. The Bertz CT molecular complexity index is 915. The van der Waals surface area contributed by atoms with E-state index in [0.717, 1.165) is 50.0 Å². The van der Waals surface area contributed by atoms with Gasteiger partial charge in [0.15, 0.2) is 11.5 Å². The fourth-order valence-electron chi connectivity index (χ4n) is 4.27. The summed E-state index contributed by atoms with van der Waals surface area (Å²) in [6.45, 7) is 13.5. The van der Waals surface area contributed by atoms with E-state index in [0.29, 0.717) is 33.2 Å². The predicted octanol–water partition coefficient (Wildman–Crippen LogP) is 4.13. The van der Waals surface area contributed by atoms with E-state index < -0.39 is 6.10 Å². The van der Waals surface area contributed by atoms with Gasteiger partial charge in [0.1, 0.15) is 12.4 Å². The monoisotopic (exact) mass is 542 g/mol. The Labute approximate surface area is 227 Å². The molecular weight excluding hydrogens is 503 g/mol. The van der Waals surface area contributed by atoms with Crippen molar-refractivity contribution in [2.45, 2.75) is 38.8 Å². The summed E-state index contributed by atoms with van der Waals surface area (Å²) in [6, 6.07) is 14.4. The number of benzene rings is 2. The summed E-state index contributed by atoms with van der Waals surface area (Å²) < 4.78 is 22.3. The van der Waals surface area contributed by atoms with Crippen LogP contribution in [0.4, 0.5) is 0 Å². The van der Waals surface area contributed by atoms with Gasteiger partial charge in [-0.1, -0.05) is 39.0 Å². The summed E-state index contributed by atoms with van der Waals surface area (Å²) in [5, 5.41) is 10.4. The molecule has 0 saturated carbocycles. The van der Waals surface area contributed by atoms with Crippen molar-refractivity contribution >= 4 is 24.8 Å². The summed E-state index contributed by atoms with van der Waals surface area (Å²) in [5.74, 6) is 2.50. The minimum Gasteiger partial charge on any atom is -0.491 e. The summed E-state index contributed by atoms with van der Waals surface area (Å²) >= 11 is 0. The van der Waals surface area contributed by atoms with E-state index in [1.165, 1.54) is 11.1 Å². The van der Waals surface area contributed by atoms with Gasteiger partial charge in [0.25, 0.3) is 0 Å². The smallest absolute Gasteiger partial charge is 0.231 e. The van der Waals surface area contributed by atoms with Crippen LogP contribution in [0.2, 0.25) is 0 Å². The fourth-order valence-corrected chi connectivity index (χ4v) is 4.27. The van der Waals surface area contributed by atoms with Gasteiger partial charge in [0.05, 0.1) is 19.3 Å². The van der Waals surface area contributed by atoms with Gasteiger partial charge in [0.2, 0.25) is 6.79 Å². The molecular formula is C27H40Cl2N2O5. The number of aliphatic hydroxyl groups excluding tert-OH is 1. The average Bonchev–Trinajstić information content (AvgIpc) is 3.28. The molecule has 36 heavy (non-hydrogen) atoms. The van der Waals surface area contributed by atoms with E-state index in [9.17, 15) is 5.11 Å². The molecule has 1 saturated heterocycles. The van der Waals surface area contributed by atoms with Crippen molar-refractivity contribution in [3.8, 4) is 17.2 Å². The largest absolute Gasteiger partial charge is 0.491 e. The van der Waals surface area contributed by atoms with E-state index in [4.69, 9.17) is 18.9 Å². The van der Waals surface area contributed by atoms with E-state index >= 15 is 0 Å². The van der Waals surface area contributed by atoms with Crippen molar-refractivity contribution in [2.75, 3.05) is 59.3 Å². The molecule has 4 rings (SSSR count). The van der Waals surface area contributed by atoms with Gasteiger partial charge in [-0.25, -0.2) is 0 Å². The number of aliphatic hydroxyl groups is 1. The summed E-state index contributed by atoms with van der Waals surface area (Å²) in [4.78, 5) is 4.74. The highest BCUT2D eigenvalue weighted by molar-refractivity contribution is 5.85. The third kappa shape index (κ3) is 8.98. The van der Waals surface area contributed by atoms with Crippen LogP contribution in [0.25, 0.3) is 0 Å². The van der Waals surface area contributed by atoms with Gasteiger partial charge in [-0.05, 0) is 40.8 Å². The Balaban J connectivity index is 0.00000228. The normalized spacial score (nSPS) is 16.7. The molecule has 0 bridgehead atoms. The summed E-state index contributed by atoms with van der Waals surface area (Å²) in [5.41, 5.74) is 2.66. The van der Waals surface area contributed by atoms with Crippen LogP contribution in [-0.2, 0) is 16.7 Å². The molecule has 202 valence electrons. The van der Waals surface area contributed by atoms with Crippen LogP contribution in [0.3, 0.4) is 0 Å². The number of fused-ring (bicyclic) bond motifs is 1. The third-order valence-electron chi connectivity index (χ3n) is 6.30. The molecule has 7 nitrogen and oxygen atoms in total. The molecule has 2 heterocycles. The van der Waals surface area contributed by atoms with Crippen molar-refractivity contribution in [1.29, 1.82) is 0 Å². The molecule has 0 aromatic heterocycles. The first-order valence-corrected chi connectivity index (χ1v) is 12.2. The second-order valence-electron chi connectivity index (χ2n) is 10.1. The minimum atomic E-state index is -0.494. The van der Waals surface area contributed by atoms with Crippen molar-refractivity contribution in [3.63, 3.8) is 0 Å². The predicted molar refractivity (Wildman–Crippen MR) is 146 cm³/mol. The molecule has 0 amide bonds. The van der Waals surface area contributed by atoms with E-state index in [1.54, 1.807) is 0 Å². The van der Waals surface area contributed by atoms with Gasteiger partial charge >= 0.3 is 0 Å². The highest BCUT2D eigenvalue weighted by Gasteiger charge is 2.21. The number of β-amino-alcohol motifs (C(OH)–C–C–N with tert-alkyl or cyclic N) is 1.